The number of carboxylic acid groups (broad SMARTS) is 1. The average molecular weight is 265 g/mol. The molecule has 0 saturated carbocycles. The van der Waals surface area contributed by atoms with Crippen LogP contribution < -0.4 is 11.1 Å². The Hall–Kier alpha value is -2.44. The van der Waals surface area contributed by atoms with Crippen molar-refractivity contribution in [2.24, 2.45) is 5.73 Å². The first-order valence-corrected chi connectivity index (χ1v) is 5.68. The van der Waals surface area contributed by atoms with E-state index in [0.29, 0.717) is 0 Å². The highest BCUT2D eigenvalue weighted by molar-refractivity contribution is 5.85. The van der Waals surface area contributed by atoms with Gasteiger partial charge in [0.05, 0.1) is 6.42 Å². The number of nitrogens with one attached hydrogen (secondary N) is 1. The molecule has 0 spiro atoms. The first-order chi connectivity index (χ1) is 8.99. The highest BCUT2D eigenvalue weighted by atomic mass is 16.4. The third kappa shape index (κ3) is 5.62. The molecule has 0 aliphatic rings. The number of carbonyl (C=O) groups is 3. The van der Waals surface area contributed by atoms with Crippen molar-refractivity contribution in [2.45, 2.75) is 25.3 Å². The van der Waals surface area contributed by atoms with Gasteiger partial charge >= 0.3 is 5.97 Å². The van der Waals surface area contributed by atoms with Crippen LogP contribution in [0.25, 0.3) is 0 Å². The van der Waals surface area contributed by atoms with E-state index in [1.54, 1.807) is 24.5 Å². The van der Waals surface area contributed by atoms with Crippen LogP contribution >= 0.6 is 0 Å². The van der Waals surface area contributed by atoms with E-state index in [2.05, 4.69) is 10.3 Å². The molecule has 0 radical (unpaired) electrons. The van der Waals surface area contributed by atoms with Gasteiger partial charge in [-0.1, -0.05) is 0 Å². The van der Waals surface area contributed by atoms with Crippen LogP contribution in [0.1, 0.15) is 18.4 Å². The van der Waals surface area contributed by atoms with Crippen molar-refractivity contribution in [2.75, 3.05) is 0 Å². The summed E-state index contributed by atoms with van der Waals surface area (Å²) in [5, 5.41) is 11.3. The van der Waals surface area contributed by atoms with Gasteiger partial charge in [0.1, 0.15) is 6.04 Å². The molecule has 7 heteroatoms. The second-order valence-corrected chi connectivity index (χ2v) is 4.00. The Morgan fingerprint density at radius 3 is 2.47 bits per heavy atom. The van der Waals surface area contributed by atoms with Gasteiger partial charge in [-0.2, -0.15) is 0 Å². The van der Waals surface area contributed by atoms with E-state index in [1.165, 1.54) is 0 Å². The summed E-state index contributed by atoms with van der Waals surface area (Å²) in [6.45, 7) is 0. The van der Waals surface area contributed by atoms with Gasteiger partial charge in [-0.3, -0.25) is 14.6 Å². The number of aliphatic carboxylic acids is 1. The fraction of sp³-hybridized carbons (Fsp3) is 0.333. The summed E-state index contributed by atoms with van der Waals surface area (Å²) >= 11 is 0. The topological polar surface area (TPSA) is 122 Å². The predicted octanol–water partition coefficient (Wildman–Crippen LogP) is -0.541. The fourth-order valence-corrected chi connectivity index (χ4v) is 1.48. The van der Waals surface area contributed by atoms with Crippen LogP contribution in [0, 0.1) is 0 Å². The number of carboxylic acids is 1. The van der Waals surface area contributed by atoms with Crippen LogP contribution in [-0.4, -0.2) is 33.9 Å². The molecular weight excluding hydrogens is 250 g/mol. The van der Waals surface area contributed by atoms with E-state index in [1.807, 2.05) is 0 Å². The van der Waals surface area contributed by atoms with Gasteiger partial charge in [0.25, 0.3) is 0 Å². The normalized spacial score (nSPS) is 11.6. The van der Waals surface area contributed by atoms with Crippen LogP contribution in [0.15, 0.2) is 24.5 Å². The minimum Gasteiger partial charge on any atom is -0.480 e. The molecule has 4 N–H and O–H groups in total. The second kappa shape index (κ2) is 7.10. The molecule has 19 heavy (non-hydrogen) atoms. The molecule has 0 saturated heterocycles. The van der Waals surface area contributed by atoms with Crippen LogP contribution in [0.4, 0.5) is 0 Å². The number of aromatic nitrogens is 1. The summed E-state index contributed by atoms with van der Waals surface area (Å²) in [6.07, 6.45) is 3.04. The maximum absolute atomic E-state index is 11.7. The Balaban J connectivity index is 2.52. The molecule has 0 unspecified atom stereocenters. The van der Waals surface area contributed by atoms with E-state index >= 15 is 0 Å². The van der Waals surface area contributed by atoms with Gasteiger partial charge in [-0.15, -0.1) is 0 Å². The quantitative estimate of drug-likeness (QED) is 0.611. The first-order valence-electron chi connectivity index (χ1n) is 5.68. The van der Waals surface area contributed by atoms with Crippen molar-refractivity contribution < 1.29 is 19.5 Å². The maximum atomic E-state index is 11.7. The highest BCUT2D eigenvalue weighted by Crippen LogP contribution is 2.01. The van der Waals surface area contributed by atoms with Crippen molar-refractivity contribution in [3.8, 4) is 0 Å². The van der Waals surface area contributed by atoms with Gasteiger partial charge < -0.3 is 16.2 Å². The summed E-state index contributed by atoms with van der Waals surface area (Å²) < 4.78 is 0. The Morgan fingerprint density at radius 2 is 1.95 bits per heavy atom. The third-order valence-electron chi connectivity index (χ3n) is 2.43. The number of hydrogen-bond donors (Lipinski definition) is 3. The van der Waals surface area contributed by atoms with Gasteiger partial charge in [0.15, 0.2) is 0 Å². The minimum absolute atomic E-state index is 0.0211. The molecule has 0 aliphatic heterocycles. The molecule has 0 aliphatic carbocycles. The lowest BCUT2D eigenvalue weighted by Crippen LogP contribution is -2.42. The molecule has 7 nitrogen and oxygen atoms in total. The van der Waals surface area contributed by atoms with Gasteiger partial charge in [-0.25, -0.2) is 4.79 Å². The van der Waals surface area contributed by atoms with Crippen molar-refractivity contribution >= 4 is 17.8 Å². The number of nitrogens with two attached hydrogens (primary N) is 1. The minimum atomic E-state index is -1.19. The van der Waals surface area contributed by atoms with E-state index in [-0.39, 0.29) is 19.3 Å². The van der Waals surface area contributed by atoms with Crippen molar-refractivity contribution in [1.29, 1.82) is 0 Å². The SMILES string of the molecule is NC(=O)CC[C@@H](NC(=O)Cc1ccncc1)C(=O)O. The molecule has 102 valence electrons. The molecule has 0 aromatic carbocycles. The lowest BCUT2D eigenvalue weighted by Gasteiger charge is -2.13. The Labute approximate surface area is 109 Å². The van der Waals surface area contributed by atoms with E-state index in [9.17, 15) is 14.4 Å². The van der Waals surface area contributed by atoms with Crippen molar-refractivity contribution in [3.63, 3.8) is 0 Å². The third-order valence-corrected chi connectivity index (χ3v) is 2.43. The number of rotatable bonds is 7. The predicted molar refractivity (Wildman–Crippen MR) is 65.9 cm³/mol. The Kier molecular flexibility index (Phi) is 5.46. The highest BCUT2D eigenvalue weighted by Gasteiger charge is 2.20. The molecule has 0 bridgehead atoms. The number of pyridine rings is 1. The van der Waals surface area contributed by atoms with Crippen LogP contribution in [0.5, 0.6) is 0 Å². The van der Waals surface area contributed by atoms with Crippen LogP contribution in [-0.2, 0) is 20.8 Å². The van der Waals surface area contributed by atoms with Crippen LogP contribution in [0.2, 0.25) is 0 Å². The standard InChI is InChI=1S/C12H15N3O4/c13-10(16)2-1-9(12(18)19)15-11(17)7-8-3-5-14-6-4-8/h3-6,9H,1-2,7H2,(H2,13,16)(H,15,17)(H,18,19)/t9-/m1/s1. The fourth-order valence-electron chi connectivity index (χ4n) is 1.48. The Morgan fingerprint density at radius 1 is 1.32 bits per heavy atom. The molecule has 1 aromatic rings. The second-order valence-electron chi connectivity index (χ2n) is 4.00. The van der Waals surface area contributed by atoms with E-state index < -0.39 is 23.8 Å². The summed E-state index contributed by atoms with van der Waals surface area (Å²) in [6, 6.07) is 2.22. The van der Waals surface area contributed by atoms with Gasteiger partial charge in [0.2, 0.25) is 11.8 Å². The maximum Gasteiger partial charge on any atom is 0.326 e. The molecule has 0 fully saturated rings. The number of primary amides is 1. The lowest BCUT2D eigenvalue weighted by atomic mass is 10.1. The zero-order chi connectivity index (χ0) is 14.3. The van der Waals surface area contributed by atoms with E-state index in [0.717, 1.165) is 5.56 Å². The van der Waals surface area contributed by atoms with Gasteiger partial charge in [-0.05, 0) is 24.1 Å². The molecule has 1 atom stereocenters. The number of amides is 2. The lowest BCUT2D eigenvalue weighted by molar-refractivity contribution is -0.142. The largest absolute Gasteiger partial charge is 0.480 e. The smallest absolute Gasteiger partial charge is 0.326 e. The number of carbonyl (C=O) groups excluding carboxylic acids is 2. The van der Waals surface area contributed by atoms with Crippen molar-refractivity contribution in [3.05, 3.63) is 30.1 Å². The molecule has 1 rings (SSSR count). The van der Waals surface area contributed by atoms with Crippen molar-refractivity contribution in [1.82, 2.24) is 10.3 Å². The molecule has 2 amide bonds. The summed E-state index contributed by atoms with van der Waals surface area (Å²) in [5.74, 6) is -2.22. The Bertz CT molecular complexity index is 461. The number of nitrogens with zero attached hydrogens (tertiary/aromatic N) is 1. The monoisotopic (exact) mass is 265 g/mol. The van der Waals surface area contributed by atoms with Crippen LogP contribution in [0.3, 0.4) is 0 Å². The van der Waals surface area contributed by atoms with Gasteiger partial charge in [0, 0.05) is 18.8 Å². The number of hydrogen-bond acceptors (Lipinski definition) is 4. The summed E-state index contributed by atoms with van der Waals surface area (Å²) in [4.78, 5) is 37.0. The molecular formula is C12H15N3O4. The molecule has 1 heterocycles. The zero-order valence-corrected chi connectivity index (χ0v) is 10.2. The first kappa shape index (κ1) is 14.6. The summed E-state index contributed by atoms with van der Waals surface area (Å²) in [7, 11) is 0. The average Bonchev–Trinajstić information content (AvgIpc) is 2.35. The molecule has 1 aromatic heterocycles. The zero-order valence-electron chi connectivity index (χ0n) is 10.2. The van der Waals surface area contributed by atoms with E-state index in [4.69, 9.17) is 10.8 Å². The summed E-state index contributed by atoms with van der Waals surface area (Å²) in [5.41, 5.74) is 5.67.